The number of hydrogen-bond donors (Lipinski definition) is 2. The Hall–Kier alpha value is -2.22. The molecule has 0 spiro atoms. The van der Waals surface area contributed by atoms with Crippen molar-refractivity contribution in [2.45, 2.75) is 32.7 Å². The number of carboxylic acid groups (broad SMARTS) is 2. The minimum absolute atomic E-state index is 0.0553. The van der Waals surface area contributed by atoms with Gasteiger partial charge >= 0.3 is 11.9 Å². The maximum absolute atomic E-state index is 11.3. The molecule has 7 heteroatoms. The SMILES string of the molecule is C=Cc1ccc(CN2CCN(CC(=O)O)CCCC(C)CCN(CC(=O)O)CC2)cc1. The van der Waals surface area contributed by atoms with Crippen LogP contribution in [0.15, 0.2) is 30.8 Å². The summed E-state index contributed by atoms with van der Waals surface area (Å²) in [5.41, 5.74) is 2.25. The normalized spacial score (nSPS) is 20.9. The number of hydrogen-bond acceptors (Lipinski definition) is 5. The predicted octanol–water partition coefficient (Wildman–Crippen LogP) is 2.72. The third-order valence-corrected chi connectivity index (χ3v) is 5.91. The fourth-order valence-corrected chi connectivity index (χ4v) is 3.99. The molecule has 0 radical (unpaired) electrons. The van der Waals surface area contributed by atoms with Crippen LogP contribution >= 0.6 is 0 Å². The molecule has 0 amide bonds. The molecule has 1 heterocycles. The highest BCUT2D eigenvalue weighted by atomic mass is 16.4. The second kappa shape index (κ2) is 13.2. The first-order valence-electron chi connectivity index (χ1n) is 11.2. The van der Waals surface area contributed by atoms with Crippen LogP contribution in [-0.4, -0.2) is 89.2 Å². The van der Waals surface area contributed by atoms with Gasteiger partial charge in [-0.1, -0.05) is 43.8 Å². The van der Waals surface area contributed by atoms with E-state index in [2.05, 4.69) is 30.5 Å². The highest BCUT2D eigenvalue weighted by molar-refractivity contribution is 5.69. The van der Waals surface area contributed by atoms with E-state index in [-0.39, 0.29) is 13.1 Å². The predicted molar refractivity (Wildman–Crippen MR) is 123 cm³/mol. The molecule has 1 unspecified atom stereocenters. The number of nitrogens with zero attached hydrogens (tertiary/aromatic N) is 3. The van der Waals surface area contributed by atoms with E-state index in [4.69, 9.17) is 0 Å². The third-order valence-electron chi connectivity index (χ3n) is 5.91. The molecular weight excluding hydrogens is 394 g/mol. The average molecular weight is 432 g/mol. The largest absolute Gasteiger partial charge is 0.480 e. The highest BCUT2D eigenvalue weighted by Crippen LogP contribution is 2.14. The highest BCUT2D eigenvalue weighted by Gasteiger charge is 2.18. The summed E-state index contributed by atoms with van der Waals surface area (Å²) in [6.45, 7) is 11.2. The maximum Gasteiger partial charge on any atom is 0.317 e. The molecule has 0 saturated carbocycles. The van der Waals surface area contributed by atoms with Gasteiger partial charge in [0, 0.05) is 32.7 Å². The number of carbonyl (C=O) groups is 2. The quantitative estimate of drug-likeness (QED) is 0.687. The van der Waals surface area contributed by atoms with Crippen LogP contribution in [0, 0.1) is 5.92 Å². The van der Waals surface area contributed by atoms with E-state index >= 15 is 0 Å². The lowest BCUT2D eigenvalue weighted by molar-refractivity contribution is -0.139. The van der Waals surface area contributed by atoms with Gasteiger partial charge in [0.15, 0.2) is 0 Å². The zero-order chi connectivity index (χ0) is 22.6. The lowest BCUT2D eigenvalue weighted by Gasteiger charge is -2.29. The van der Waals surface area contributed by atoms with Crippen LogP contribution in [-0.2, 0) is 16.1 Å². The molecule has 1 aliphatic heterocycles. The van der Waals surface area contributed by atoms with Crippen LogP contribution in [0.25, 0.3) is 6.08 Å². The van der Waals surface area contributed by atoms with E-state index < -0.39 is 11.9 Å². The fourth-order valence-electron chi connectivity index (χ4n) is 3.99. The summed E-state index contributed by atoms with van der Waals surface area (Å²) in [5.74, 6) is -1.10. The first-order chi connectivity index (χ1) is 14.9. The fraction of sp³-hybridized carbons (Fsp3) is 0.583. The van der Waals surface area contributed by atoms with Crippen molar-refractivity contribution in [2.75, 3.05) is 52.4 Å². The van der Waals surface area contributed by atoms with Crippen LogP contribution in [0.2, 0.25) is 0 Å². The molecular formula is C24H37N3O4. The molecule has 172 valence electrons. The molecule has 0 bridgehead atoms. The Labute approximate surface area is 185 Å². The Morgan fingerprint density at radius 3 is 2.00 bits per heavy atom. The molecule has 0 aromatic heterocycles. The van der Waals surface area contributed by atoms with Crippen molar-refractivity contribution in [1.29, 1.82) is 0 Å². The molecule has 1 aromatic carbocycles. The monoisotopic (exact) mass is 431 g/mol. The van der Waals surface area contributed by atoms with E-state index in [9.17, 15) is 19.8 Å². The lowest BCUT2D eigenvalue weighted by atomic mass is 10.0. The summed E-state index contributed by atoms with van der Waals surface area (Å²) >= 11 is 0. The second-order valence-corrected chi connectivity index (χ2v) is 8.60. The molecule has 0 aliphatic carbocycles. The van der Waals surface area contributed by atoms with E-state index in [0.717, 1.165) is 57.5 Å². The molecule has 1 aliphatic rings. The lowest BCUT2D eigenvalue weighted by Crippen LogP contribution is -2.42. The minimum atomic E-state index is -0.795. The molecule has 1 aromatic rings. The van der Waals surface area contributed by atoms with Crippen LogP contribution in [0.3, 0.4) is 0 Å². The summed E-state index contributed by atoms with van der Waals surface area (Å²) in [7, 11) is 0. The van der Waals surface area contributed by atoms with Crippen molar-refractivity contribution in [2.24, 2.45) is 5.92 Å². The first kappa shape index (κ1) is 25.0. The van der Waals surface area contributed by atoms with Gasteiger partial charge in [-0.05, 0) is 49.4 Å². The van der Waals surface area contributed by atoms with Gasteiger partial charge in [-0.2, -0.15) is 0 Å². The average Bonchev–Trinajstić information content (AvgIpc) is 2.73. The van der Waals surface area contributed by atoms with Crippen molar-refractivity contribution in [3.05, 3.63) is 42.0 Å². The molecule has 2 N–H and O–H groups in total. The van der Waals surface area contributed by atoms with E-state index in [0.29, 0.717) is 19.0 Å². The number of benzene rings is 1. The van der Waals surface area contributed by atoms with Crippen molar-refractivity contribution < 1.29 is 19.8 Å². The molecule has 2 rings (SSSR count). The summed E-state index contributed by atoms with van der Waals surface area (Å²) in [5, 5.41) is 18.6. The minimum Gasteiger partial charge on any atom is -0.480 e. The van der Waals surface area contributed by atoms with Gasteiger partial charge in [0.1, 0.15) is 0 Å². The summed E-state index contributed by atoms with van der Waals surface area (Å²) in [6, 6.07) is 8.25. The Morgan fingerprint density at radius 1 is 0.903 bits per heavy atom. The van der Waals surface area contributed by atoms with Gasteiger partial charge < -0.3 is 10.2 Å². The van der Waals surface area contributed by atoms with E-state index in [1.165, 1.54) is 5.56 Å². The Kier molecular flexibility index (Phi) is 10.7. The van der Waals surface area contributed by atoms with Gasteiger partial charge in [-0.25, -0.2) is 0 Å². The molecule has 1 fully saturated rings. The smallest absolute Gasteiger partial charge is 0.317 e. The van der Waals surface area contributed by atoms with Gasteiger partial charge in [-0.15, -0.1) is 0 Å². The molecule has 31 heavy (non-hydrogen) atoms. The van der Waals surface area contributed by atoms with Gasteiger partial charge in [-0.3, -0.25) is 24.3 Å². The van der Waals surface area contributed by atoms with Crippen LogP contribution in [0.5, 0.6) is 0 Å². The van der Waals surface area contributed by atoms with Crippen LogP contribution in [0.4, 0.5) is 0 Å². The maximum atomic E-state index is 11.3. The van der Waals surface area contributed by atoms with Crippen molar-refractivity contribution >= 4 is 18.0 Å². The number of carboxylic acids is 2. The zero-order valence-corrected chi connectivity index (χ0v) is 18.7. The van der Waals surface area contributed by atoms with Gasteiger partial charge in [0.05, 0.1) is 13.1 Å². The summed E-state index contributed by atoms with van der Waals surface area (Å²) < 4.78 is 0. The van der Waals surface area contributed by atoms with E-state index in [1.54, 1.807) is 0 Å². The van der Waals surface area contributed by atoms with Crippen LogP contribution < -0.4 is 0 Å². The van der Waals surface area contributed by atoms with E-state index in [1.807, 2.05) is 28.0 Å². The molecule has 7 nitrogen and oxygen atoms in total. The van der Waals surface area contributed by atoms with Gasteiger partial charge in [0.2, 0.25) is 0 Å². The first-order valence-corrected chi connectivity index (χ1v) is 11.2. The number of rotatable bonds is 7. The van der Waals surface area contributed by atoms with Crippen molar-refractivity contribution in [3.63, 3.8) is 0 Å². The second-order valence-electron chi connectivity index (χ2n) is 8.60. The topological polar surface area (TPSA) is 84.3 Å². The molecule has 1 saturated heterocycles. The third kappa shape index (κ3) is 10.1. The standard InChI is InChI=1S/C24H37N3O4/c1-3-21-6-8-22(9-7-21)17-27-15-13-25(18-23(28)29)11-4-5-20(2)10-12-26(14-16-27)19-24(30)31/h3,6-9,20H,1,4-5,10-19H2,2H3,(H,28,29)(H,30,31). The zero-order valence-electron chi connectivity index (χ0n) is 18.7. The van der Waals surface area contributed by atoms with Crippen molar-refractivity contribution in [1.82, 2.24) is 14.7 Å². The Bertz CT molecular complexity index is 707. The number of aliphatic carboxylic acids is 2. The Morgan fingerprint density at radius 2 is 1.45 bits per heavy atom. The van der Waals surface area contributed by atoms with Crippen molar-refractivity contribution in [3.8, 4) is 0 Å². The summed E-state index contributed by atoms with van der Waals surface area (Å²) in [6.07, 6.45) is 4.75. The molecule has 1 atom stereocenters. The van der Waals surface area contributed by atoms with Crippen LogP contribution in [0.1, 0.15) is 37.3 Å². The Balaban J connectivity index is 2.12. The van der Waals surface area contributed by atoms with Gasteiger partial charge in [0.25, 0.3) is 0 Å². The summed E-state index contributed by atoms with van der Waals surface area (Å²) in [4.78, 5) is 29.0.